The molecule has 1 aromatic heterocycles. The molecule has 118 valence electrons. The van der Waals surface area contributed by atoms with Crippen molar-refractivity contribution < 1.29 is 9.53 Å². The summed E-state index contributed by atoms with van der Waals surface area (Å²) in [5.74, 6) is 2.17. The molecule has 5 nitrogen and oxygen atoms in total. The van der Waals surface area contributed by atoms with Gasteiger partial charge in [0.25, 0.3) is 5.91 Å². The zero-order valence-corrected chi connectivity index (χ0v) is 13.9. The van der Waals surface area contributed by atoms with Crippen molar-refractivity contribution in [1.29, 1.82) is 0 Å². The van der Waals surface area contributed by atoms with E-state index >= 15 is 0 Å². The van der Waals surface area contributed by atoms with E-state index in [9.17, 15) is 4.79 Å². The zero-order valence-electron chi connectivity index (χ0n) is 13.1. The molecule has 1 aromatic carbocycles. The Morgan fingerprint density at radius 3 is 2.77 bits per heavy atom. The summed E-state index contributed by atoms with van der Waals surface area (Å²) in [5, 5.41) is 7.13. The number of ether oxygens (including phenoxy) is 1. The first kappa shape index (κ1) is 16.4. The summed E-state index contributed by atoms with van der Waals surface area (Å²) in [6.45, 7) is 2.43. The van der Waals surface area contributed by atoms with E-state index in [2.05, 4.69) is 22.5 Å². The molecule has 6 heteroatoms. The van der Waals surface area contributed by atoms with E-state index in [-0.39, 0.29) is 5.91 Å². The van der Waals surface area contributed by atoms with Crippen LogP contribution in [0.25, 0.3) is 0 Å². The number of aromatic nitrogens is 2. The smallest absolute Gasteiger partial charge is 0.258 e. The summed E-state index contributed by atoms with van der Waals surface area (Å²) in [4.78, 5) is 12.2. The van der Waals surface area contributed by atoms with Crippen molar-refractivity contribution in [3.63, 3.8) is 0 Å². The normalized spacial score (nSPS) is 10.5. The summed E-state index contributed by atoms with van der Waals surface area (Å²) in [6.07, 6.45) is 0. The Morgan fingerprint density at radius 1 is 1.36 bits per heavy atom. The van der Waals surface area contributed by atoms with Crippen molar-refractivity contribution in [2.75, 3.05) is 19.4 Å². The molecular weight excluding hydrogens is 298 g/mol. The van der Waals surface area contributed by atoms with Gasteiger partial charge in [-0.15, -0.1) is 0 Å². The Kier molecular flexibility index (Phi) is 5.89. The average Bonchev–Trinajstić information content (AvgIpc) is 2.81. The molecular formula is C16H21N3O2S. The SMILES string of the molecule is COc1c(C(=O)NCCSCc2ccccc2)c(C)nn1C. The van der Waals surface area contributed by atoms with Crippen molar-refractivity contribution in [3.8, 4) is 5.88 Å². The molecule has 1 N–H and O–H groups in total. The highest BCUT2D eigenvalue weighted by Crippen LogP contribution is 2.20. The number of thioether (sulfide) groups is 1. The Bertz CT molecular complexity index is 626. The van der Waals surface area contributed by atoms with Crippen molar-refractivity contribution in [2.24, 2.45) is 7.05 Å². The van der Waals surface area contributed by atoms with Crippen molar-refractivity contribution in [1.82, 2.24) is 15.1 Å². The highest BCUT2D eigenvalue weighted by Gasteiger charge is 2.20. The Labute approximate surface area is 135 Å². The van der Waals surface area contributed by atoms with E-state index in [0.29, 0.717) is 23.7 Å². The third-order valence-electron chi connectivity index (χ3n) is 3.23. The van der Waals surface area contributed by atoms with Gasteiger partial charge < -0.3 is 10.1 Å². The second-order valence-corrected chi connectivity index (χ2v) is 5.99. The number of amides is 1. The maximum atomic E-state index is 12.2. The molecule has 0 aliphatic rings. The van der Waals surface area contributed by atoms with Gasteiger partial charge in [-0.05, 0) is 12.5 Å². The molecule has 0 unspecified atom stereocenters. The molecule has 0 saturated heterocycles. The van der Waals surface area contributed by atoms with Gasteiger partial charge in [0.1, 0.15) is 5.56 Å². The van der Waals surface area contributed by atoms with Crippen LogP contribution in [0.4, 0.5) is 0 Å². The number of hydrogen-bond donors (Lipinski definition) is 1. The van der Waals surface area contributed by atoms with Gasteiger partial charge in [0.2, 0.25) is 5.88 Å². The van der Waals surface area contributed by atoms with E-state index < -0.39 is 0 Å². The molecule has 0 bridgehead atoms. The summed E-state index contributed by atoms with van der Waals surface area (Å²) in [6, 6.07) is 10.3. The summed E-state index contributed by atoms with van der Waals surface area (Å²) >= 11 is 1.80. The van der Waals surface area contributed by atoms with Crippen LogP contribution in [0.1, 0.15) is 21.6 Å². The number of carbonyl (C=O) groups excluding carboxylic acids is 1. The monoisotopic (exact) mass is 319 g/mol. The predicted molar refractivity (Wildman–Crippen MR) is 89.4 cm³/mol. The minimum atomic E-state index is -0.136. The molecule has 0 fully saturated rings. The summed E-state index contributed by atoms with van der Waals surface area (Å²) < 4.78 is 6.82. The van der Waals surface area contributed by atoms with Crippen LogP contribution < -0.4 is 10.1 Å². The van der Waals surface area contributed by atoms with E-state index in [1.807, 2.05) is 25.1 Å². The minimum Gasteiger partial charge on any atom is -0.481 e. The van der Waals surface area contributed by atoms with Crippen LogP contribution in [0.2, 0.25) is 0 Å². The number of carbonyl (C=O) groups is 1. The number of methoxy groups -OCH3 is 1. The molecule has 1 amide bonds. The van der Waals surface area contributed by atoms with Crippen molar-refractivity contribution >= 4 is 17.7 Å². The lowest BCUT2D eigenvalue weighted by atomic mass is 10.2. The lowest BCUT2D eigenvalue weighted by Crippen LogP contribution is -2.26. The van der Waals surface area contributed by atoms with Crippen LogP contribution in [0.3, 0.4) is 0 Å². The molecule has 0 radical (unpaired) electrons. The molecule has 1 heterocycles. The lowest BCUT2D eigenvalue weighted by Gasteiger charge is -2.07. The zero-order chi connectivity index (χ0) is 15.9. The van der Waals surface area contributed by atoms with Gasteiger partial charge in [0.05, 0.1) is 12.8 Å². The third-order valence-corrected chi connectivity index (χ3v) is 4.26. The second-order valence-electron chi connectivity index (χ2n) is 4.89. The van der Waals surface area contributed by atoms with Gasteiger partial charge in [0.15, 0.2) is 0 Å². The number of nitrogens with zero attached hydrogens (tertiary/aromatic N) is 2. The van der Waals surface area contributed by atoms with Crippen LogP contribution in [0.15, 0.2) is 30.3 Å². The molecule has 0 spiro atoms. The lowest BCUT2D eigenvalue weighted by molar-refractivity contribution is 0.0952. The molecule has 2 aromatic rings. The fourth-order valence-electron chi connectivity index (χ4n) is 2.22. The maximum absolute atomic E-state index is 12.2. The van der Waals surface area contributed by atoms with Crippen LogP contribution in [-0.2, 0) is 12.8 Å². The summed E-state index contributed by atoms with van der Waals surface area (Å²) in [7, 11) is 3.31. The minimum absolute atomic E-state index is 0.136. The third kappa shape index (κ3) is 4.04. The highest BCUT2D eigenvalue weighted by atomic mass is 32.2. The van der Waals surface area contributed by atoms with Gasteiger partial charge in [-0.1, -0.05) is 30.3 Å². The summed E-state index contributed by atoms with van der Waals surface area (Å²) in [5.41, 5.74) is 2.48. The Morgan fingerprint density at radius 2 is 2.09 bits per heavy atom. The molecule has 0 saturated carbocycles. The van der Waals surface area contributed by atoms with Crippen LogP contribution in [-0.4, -0.2) is 35.1 Å². The van der Waals surface area contributed by atoms with E-state index in [0.717, 1.165) is 11.5 Å². The van der Waals surface area contributed by atoms with E-state index in [4.69, 9.17) is 4.74 Å². The molecule has 0 aliphatic carbocycles. The largest absolute Gasteiger partial charge is 0.481 e. The standard InChI is InChI=1S/C16H21N3O2S/c1-12-14(16(21-3)19(2)18-12)15(20)17-9-10-22-11-13-7-5-4-6-8-13/h4-8H,9-11H2,1-3H3,(H,17,20). The van der Waals surface area contributed by atoms with Gasteiger partial charge in [-0.2, -0.15) is 16.9 Å². The highest BCUT2D eigenvalue weighted by molar-refractivity contribution is 7.98. The predicted octanol–water partition coefficient (Wildman–Crippen LogP) is 2.40. The number of benzene rings is 1. The maximum Gasteiger partial charge on any atom is 0.258 e. The average molecular weight is 319 g/mol. The van der Waals surface area contributed by atoms with Gasteiger partial charge >= 0.3 is 0 Å². The van der Waals surface area contributed by atoms with Gasteiger partial charge in [-0.25, -0.2) is 4.68 Å². The van der Waals surface area contributed by atoms with Crippen molar-refractivity contribution in [2.45, 2.75) is 12.7 Å². The number of hydrogen-bond acceptors (Lipinski definition) is 4. The van der Waals surface area contributed by atoms with Crippen LogP contribution in [0, 0.1) is 6.92 Å². The topological polar surface area (TPSA) is 56.1 Å². The fourth-order valence-corrected chi connectivity index (χ4v) is 3.04. The second kappa shape index (κ2) is 7.89. The van der Waals surface area contributed by atoms with Crippen molar-refractivity contribution in [3.05, 3.63) is 47.2 Å². The van der Waals surface area contributed by atoms with Crippen LogP contribution in [0.5, 0.6) is 5.88 Å². The van der Waals surface area contributed by atoms with E-state index in [1.54, 1.807) is 30.6 Å². The van der Waals surface area contributed by atoms with E-state index in [1.165, 1.54) is 5.56 Å². The first-order valence-corrected chi connectivity index (χ1v) is 8.26. The molecule has 0 atom stereocenters. The van der Waals surface area contributed by atoms with Gasteiger partial charge in [0, 0.05) is 25.1 Å². The molecule has 2 rings (SSSR count). The fraction of sp³-hybridized carbons (Fsp3) is 0.375. The number of aryl methyl sites for hydroxylation is 2. The Balaban J connectivity index is 1.79. The quantitative estimate of drug-likeness (QED) is 0.796. The first-order chi connectivity index (χ1) is 10.6. The molecule has 22 heavy (non-hydrogen) atoms. The number of rotatable bonds is 7. The van der Waals surface area contributed by atoms with Gasteiger partial charge in [-0.3, -0.25) is 4.79 Å². The van der Waals surface area contributed by atoms with Crippen LogP contribution >= 0.6 is 11.8 Å². The molecule has 0 aliphatic heterocycles. The Hall–Kier alpha value is -1.95. The first-order valence-electron chi connectivity index (χ1n) is 7.11. The number of nitrogens with one attached hydrogen (secondary N) is 1.